The Morgan fingerprint density at radius 2 is 2.20 bits per heavy atom. The molecule has 84 valence electrons. The highest BCUT2D eigenvalue weighted by molar-refractivity contribution is 7.16. The van der Waals surface area contributed by atoms with E-state index < -0.39 is 18.3 Å². The van der Waals surface area contributed by atoms with Crippen molar-refractivity contribution in [1.29, 1.82) is 0 Å². The van der Waals surface area contributed by atoms with Crippen molar-refractivity contribution < 1.29 is 18.7 Å². The maximum absolute atomic E-state index is 13.4. The topological polar surface area (TPSA) is 37.3 Å². The van der Waals surface area contributed by atoms with Crippen molar-refractivity contribution in [2.45, 2.75) is 25.2 Å². The summed E-state index contributed by atoms with van der Waals surface area (Å²) in [6.07, 6.45) is -0.747. The highest BCUT2D eigenvalue weighted by Crippen LogP contribution is 2.38. The van der Waals surface area contributed by atoms with Crippen LogP contribution in [0, 0.1) is 0 Å². The van der Waals surface area contributed by atoms with Gasteiger partial charge in [0.05, 0.1) is 9.21 Å². The van der Waals surface area contributed by atoms with Crippen LogP contribution in [0.15, 0.2) is 12.1 Å². The average molecular weight is 255 g/mol. The summed E-state index contributed by atoms with van der Waals surface area (Å²) in [6.45, 7) is 0. The van der Waals surface area contributed by atoms with Gasteiger partial charge in [0.2, 0.25) is 0 Å². The highest BCUT2D eigenvalue weighted by Gasteiger charge is 2.32. The van der Waals surface area contributed by atoms with Gasteiger partial charge in [0.25, 0.3) is 5.92 Å². The molecule has 1 N–H and O–H groups in total. The molecule has 0 saturated carbocycles. The summed E-state index contributed by atoms with van der Waals surface area (Å²) in [7, 11) is 0. The summed E-state index contributed by atoms with van der Waals surface area (Å²) >= 11 is 6.36. The molecule has 0 atom stereocenters. The van der Waals surface area contributed by atoms with E-state index in [9.17, 15) is 13.6 Å². The van der Waals surface area contributed by atoms with Gasteiger partial charge in [-0.1, -0.05) is 11.6 Å². The molecule has 6 heteroatoms. The number of thiophene rings is 1. The molecular formula is C9H9ClF2O2S. The number of alkyl halides is 2. The van der Waals surface area contributed by atoms with Gasteiger partial charge in [-0.25, -0.2) is 8.78 Å². The van der Waals surface area contributed by atoms with E-state index in [2.05, 4.69) is 0 Å². The summed E-state index contributed by atoms with van der Waals surface area (Å²) in [6, 6.07) is 2.68. The summed E-state index contributed by atoms with van der Waals surface area (Å²) in [5.74, 6) is -4.04. The van der Waals surface area contributed by atoms with Crippen LogP contribution < -0.4 is 0 Å². The number of carbonyl (C=O) groups is 1. The minimum absolute atomic E-state index is 0.0438. The molecule has 0 aliphatic rings. The second-order valence-electron chi connectivity index (χ2n) is 3.06. The van der Waals surface area contributed by atoms with E-state index in [4.69, 9.17) is 16.7 Å². The van der Waals surface area contributed by atoms with E-state index in [1.807, 2.05) is 0 Å². The molecule has 1 aromatic rings. The highest BCUT2D eigenvalue weighted by atomic mass is 35.5. The minimum atomic E-state index is -2.98. The summed E-state index contributed by atoms with van der Waals surface area (Å²) in [5, 5.41) is 8.32. The van der Waals surface area contributed by atoms with Gasteiger partial charge in [-0.15, -0.1) is 11.3 Å². The van der Waals surface area contributed by atoms with E-state index in [1.165, 1.54) is 12.1 Å². The van der Waals surface area contributed by atoms with Crippen LogP contribution in [0.4, 0.5) is 8.78 Å². The van der Waals surface area contributed by atoms with E-state index in [0.717, 1.165) is 11.3 Å². The second kappa shape index (κ2) is 4.90. The molecule has 0 amide bonds. The zero-order chi connectivity index (χ0) is 11.5. The first kappa shape index (κ1) is 12.4. The van der Waals surface area contributed by atoms with Crippen molar-refractivity contribution in [3.8, 4) is 0 Å². The minimum Gasteiger partial charge on any atom is -0.481 e. The largest absolute Gasteiger partial charge is 0.481 e. The quantitative estimate of drug-likeness (QED) is 0.869. The Balaban J connectivity index is 2.55. The fraction of sp³-hybridized carbons (Fsp3) is 0.444. The van der Waals surface area contributed by atoms with E-state index in [-0.39, 0.29) is 17.7 Å². The van der Waals surface area contributed by atoms with Crippen LogP contribution in [-0.4, -0.2) is 11.1 Å². The molecule has 0 unspecified atom stereocenters. The molecule has 15 heavy (non-hydrogen) atoms. The van der Waals surface area contributed by atoms with Crippen molar-refractivity contribution in [1.82, 2.24) is 0 Å². The van der Waals surface area contributed by atoms with Gasteiger partial charge in [0, 0.05) is 12.8 Å². The third-order valence-corrected chi connectivity index (χ3v) is 3.16. The monoisotopic (exact) mass is 254 g/mol. The van der Waals surface area contributed by atoms with E-state index in [0.29, 0.717) is 4.34 Å². The van der Waals surface area contributed by atoms with Crippen LogP contribution >= 0.6 is 22.9 Å². The van der Waals surface area contributed by atoms with Gasteiger partial charge in [-0.3, -0.25) is 4.79 Å². The molecule has 0 aliphatic heterocycles. The molecule has 0 aromatic carbocycles. The molecule has 1 aromatic heterocycles. The normalized spacial score (nSPS) is 11.7. The number of hydrogen-bond donors (Lipinski definition) is 1. The molecule has 0 aliphatic carbocycles. The number of hydrogen-bond acceptors (Lipinski definition) is 2. The molecule has 0 radical (unpaired) electrons. The van der Waals surface area contributed by atoms with E-state index >= 15 is 0 Å². The summed E-state index contributed by atoms with van der Waals surface area (Å²) in [5.41, 5.74) is 0. The fourth-order valence-electron chi connectivity index (χ4n) is 1.10. The van der Waals surface area contributed by atoms with Crippen LogP contribution in [0.5, 0.6) is 0 Å². The van der Waals surface area contributed by atoms with Crippen LogP contribution in [0.3, 0.4) is 0 Å². The number of carboxylic acids is 1. The smallest absolute Gasteiger partial charge is 0.303 e. The predicted octanol–water partition coefficient (Wildman–Crippen LogP) is 3.75. The van der Waals surface area contributed by atoms with Gasteiger partial charge in [0.1, 0.15) is 0 Å². The molecule has 2 nitrogen and oxygen atoms in total. The Morgan fingerprint density at radius 1 is 1.53 bits per heavy atom. The maximum atomic E-state index is 13.4. The van der Waals surface area contributed by atoms with Crippen LogP contribution in [0.1, 0.15) is 24.1 Å². The lowest BCUT2D eigenvalue weighted by molar-refractivity contribution is -0.137. The summed E-state index contributed by atoms with van der Waals surface area (Å²) in [4.78, 5) is 10.0. The van der Waals surface area contributed by atoms with Crippen molar-refractivity contribution in [3.05, 3.63) is 21.3 Å². The molecule has 0 saturated heterocycles. The first-order valence-electron chi connectivity index (χ1n) is 4.27. The van der Waals surface area contributed by atoms with Crippen molar-refractivity contribution in [2.24, 2.45) is 0 Å². The number of rotatable bonds is 5. The number of aliphatic carboxylic acids is 1. The third-order valence-electron chi connectivity index (χ3n) is 1.82. The standard InChI is InChI=1S/C9H9ClF2O2S/c10-7-4-3-6(15-7)9(11,12)5-1-2-8(13)14/h3-4H,1-2,5H2,(H,13,14). The van der Waals surface area contributed by atoms with Crippen molar-refractivity contribution in [2.75, 3.05) is 0 Å². The zero-order valence-corrected chi connectivity index (χ0v) is 9.25. The summed E-state index contributed by atoms with van der Waals surface area (Å²) < 4.78 is 27.1. The molecule has 0 fully saturated rings. The van der Waals surface area contributed by atoms with Crippen LogP contribution in [0.2, 0.25) is 4.34 Å². The Hall–Kier alpha value is -0.680. The van der Waals surface area contributed by atoms with Gasteiger partial charge in [-0.05, 0) is 18.6 Å². The third kappa shape index (κ3) is 3.76. The fourth-order valence-corrected chi connectivity index (χ4v) is 2.14. The lowest BCUT2D eigenvalue weighted by atomic mass is 10.1. The maximum Gasteiger partial charge on any atom is 0.303 e. The molecule has 0 spiro atoms. The SMILES string of the molecule is O=C(O)CCCC(F)(F)c1ccc(Cl)s1. The Bertz CT molecular complexity index is 352. The lowest BCUT2D eigenvalue weighted by Crippen LogP contribution is -2.11. The van der Waals surface area contributed by atoms with E-state index in [1.54, 1.807) is 0 Å². The van der Waals surface area contributed by atoms with Crippen LogP contribution in [-0.2, 0) is 10.7 Å². The lowest BCUT2D eigenvalue weighted by Gasteiger charge is -2.13. The molecule has 0 bridgehead atoms. The second-order valence-corrected chi connectivity index (χ2v) is 4.77. The van der Waals surface area contributed by atoms with Gasteiger partial charge < -0.3 is 5.11 Å². The number of halogens is 3. The zero-order valence-electron chi connectivity index (χ0n) is 7.67. The van der Waals surface area contributed by atoms with Gasteiger partial charge >= 0.3 is 5.97 Å². The Morgan fingerprint density at radius 3 is 2.67 bits per heavy atom. The molecule has 1 heterocycles. The Kier molecular flexibility index (Phi) is 4.04. The Labute approximate surface area is 94.5 Å². The number of carboxylic acid groups (broad SMARTS) is 1. The molecule has 1 rings (SSSR count). The van der Waals surface area contributed by atoms with Gasteiger partial charge in [-0.2, -0.15) is 0 Å². The first-order valence-corrected chi connectivity index (χ1v) is 5.47. The first-order chi connectivity index (χ1) is 6.92. The average Bonchev–Trinajstić information content (AvgIpc) is 2.51. The van der Waals surface area contributed by atoms with Crippen LogP contribution in [0.25, 0.3) is 0 Å². The predicted molar refractivity (Wildman–Crippen MR) is 54.7 cm³/mol. The van der Waals surface area contributed by atoms with Gasteiger partial charge in [0.15, 0.2) is 0 Å². The van der Waals surface area contributed by atoms with Crippen molar-refractivity contribution in [3.63, 3.8) is 0 Å². The molecular weight excluding hydrogens is 246 g/mol. The van der Waals surface area contributed by atoms with Crippen molar-refractivity contribution >= 4 is 28.9 Å².